The number of nitrogens with zero attached hydrogens (tertiary/aromatic N) is 10. The number of fused-ring (bicyclic) bond motifs is 1. The highest BCUT2D eigenvalue weighted by Crippen LogP contribution is 2.33. The lowest BCUT2D eigenvalue weighted by Gasteiger charge is -2.40. The van der Waals surface area contributed by atoms with Gasteiger partial charge in [0.15, 0.2) is 12.0 Å². The number of amides is 5. The number of rotatable bonds is 11. The number of urea groups is 1. The van der Waals surface area contributed by atoms with E-state index in [1.165, 1.54) is 6.07 Å². The third-order valence-corrected chi connectivity index (χ3v) is 13.3. The quantitative estimate of drug-likeness (QED) is 0.108. The summed E-state index contributed by atoms with van der Waals surface area (Å²) in [4.78, 5) is 71.6. The van der Waals surface area contributed by atoms with Crippen LogP contribution in [0.5, 0.6) is 0 Å². The summed E-state index contributed by atoms with van der Waals surface area (Å²) < 4.78 is 15.8. The van der Waals surface area contributed by atoms with Crippen LogP contribution in [0.25, 0.3) is 10.9 Å². The fraction of sp³-hybridized carbons (Fsp3) is 0.500. The van der Waals surface area contributed by atoms with E-state index in [-0.39, 0.29) is 48.2 Å². The van der Waals surface area contributed by atoms with Crippen LogP contribution in [0.3, 0.4) is 0 Å². The van der Waals surface area contributed by atoms with Crippen LogP contribution >= 0.6 is 0 Å². The van der Waals surface area contributed by atoms with E-state index in [1.807, 2.05) is 28.0 Å². The second-order valence-corrected chi connectivity index (χ2v) is 17.4. The average molecular weight is 879 g/mol. The summed E-state index contributed by atoms with van der Waals surface area (Å²) in [5, 5.41) is 27.8. The van der Waals surface area contributed by atoms with Gasteiger partial charge in [-0.15, -0.1) is 10.2 Å². The van der Waals surface area contributed by atoms with Gasteiger partial charge in [0.05, 0.1) is 22.8 Å². The second-order valence-electron chi connectivity index (χ2n) is 17.4. The number of likely N-dealkylation sites (N-methyl/N-ethyl adjacent to an activating group) is 1. The van der Waals surface area contributed by atoms with E-state index in [4.69, 9.17) is 5.73 Å². The Bertz CT molecular complexity index is 2410. The van der Waals surface area contributed by atoms with Gasteiger partial charge in [0.1, 0.15) is 17.6 Å². The van der Waals surface area contributed by atoms with Gasteiger partial charge in [-0.05, 0) is 68.4 Å². The number of piperazine rings is 1. The standard InChI is InChI=1S/C44H55FN14O5/c1-54-18-23-59(44(54)64)29-4-3-15-58(26-29)43-51-40(38(39(46)61)52-53-43)48-28-7-9-35(32(45)24-28)57-21-19-55(20-22-57)25-27-12-16-56(17-13-27)34-11-14-47-37-30(34)5-2-6-31(37)41(62)49-33-8-10-36(60)50-42(33)63/h2,5-7,9,11,14,24,27,29,33,39,61H,3-4,8,10,12-13,15-23,25-26,46H2,1H3,(H,49,62)(H,48,51,53)(H,50,60,63)/t29-,33?,39?/m1/s1. The number of carbonyl (C=O) groups is 4. The molecule has 0 radical (unpaired) electrons. The number of benzene rings is 2. The minimum absolute atomic E-state index is 0.0184. The van der Waals surface area contributed by atoms with E-state index in [2.05, 4.69) is 50.8 Å². The topological polar surface area (TPSA) is 222 Å². The van der Waals surface area contributed by atoms with Crippen molar-refractivity contribution >= 4 is 63.5 Å². The van der Waals surface area contributed by atoms with Crippen molar-refractivity contribution in [2.75, 3.05) is 99.1 Å². The predicted molar refractivity (Wildman–Crippen MR) is 238 cm³/mol. The first-order valence-corrected chi connectivity index (χ1v) is 22.2. The third-order valence-electron chi connectivity index (χ3n) is 13.3. The van der Waals surface area contributed by atoms with Crippen molar-refractivity contribution in [2.45, 2.75) is 56.8 Å². The first kappa shape index (κ1) is 43.0. The molecule has 5 fully saturated rings. The first-order valence-electron chi connectivity index (χ1n) is 22.2. The number of imide groups is 1. The number of nitrogens with one attached hydrogen (secondary N) is 3. The highest BCUT2D eigenvalue weighted by molar-refractivity contribution is 6.10. The Morgan fingerprint density at radius 2 is 1.72 bits per heavy atom. The summed E-state index contributed by atoms with van der Waals surface area (Å²) >= 11 is 0. The monoisotopic (exact) mass is 878 g/mol. The Kier molecular flexibility index (Phi) is 12.4. The molecule has 5 aliphatic heterocycles. The molecule has 5 saturated heterocycles. The molecule has 5 aliphatic rings. The number of hydrogen-bond donors (Lipinski definition) is 5. The van der Waals surface area contributed by atoms with Crippen molar-refractivity contribution < 1.29 is 28.7 Å². The van der Waals surface area contributed by atoms with Crippen LogP contribution in [0.2, 0.25) is 0 Å². The van der Waals surface area contributed by atoms with Crippen LogP contribution in [-0.2, 0) is 9.59 Å². The van der Waals surface area contributed by atoms with Crippen molar-refractivity contribution in [3.63, 3.8) is 0 Å². The van der Waals surface area contributed by atoms with Gasteiger partial charge in [-0.1, -0.05) is 12.1 Å². The number of anilines is 5. The highest BCUT2D eigenvalue weighted by Gasteiger charge is 2.36. The van der Waals surface area contributed by atoms with Crippen molar-refractivity contribution in [2.24, 2.45) is 11.7 Å². The molecular weight excluding hydrogens is 824 g/mol. The molecule has 19 nitrogen and oxygen atoms in total. The number of hydrogen-bond acceptors (Lipinski definition) is 15. The first-order chi connectivity index (χ1) is 31.0. The molecule has 6 N–H and O–H groups in total. The predicted octanol–water partition coefficient (Wildman–Crippen LogP) is 2.16. The van der Waals surface area contributed by atoms with Gasteiger partial charge in [-0.25, -0.2) is 9.18 Å². The molecule has 4 aromatic rings. The SMILES string of the molecule is CN1CCN([C@@H]2CCCN(c3nnc(C(N)O)c(Nc4ccc(N5CCN(CC6CCN(c7ccnc8c(C(=O)NC9CCC(=O)NC9=O)cccc78)CC6)CC5)c(F)c4)n3)C2)C1=O. The van der Waals surface area contributed by atoms with Crippen molar-refractivity contribution in [1.82, 2.24) is 45.5 Å². The van der Waals surface area contributed by atoms with E-state index < -0.39 is 24.1 Å². The molecule has 0 bridgehead atoms. The van der Waals surface area contributed by atoms with Gasteiger partial charge < -0.3 is 46.0 Å². The lowest BCUT2D eigenvalue weighted by molar-refractivity contribution is -0.134. The molecule has 64 heavy (non-hydrogen) atoms. The maximum absolute atomic E-state index is 15.8. The maximum Gasteiger partial charge on any atom is 0.320 e. The number of para-hydroxylation sites is 1. The van der Waals surface area contributed by atoms with Crippen LogP contribution < -0.4 is 36.4 Å². The molecule has 3 atom stereocenters. The molecule has 5 amide bonds. The van der Waals surface area contributed by atoms with Gasteiger partial charge in [-0.2, -0.15) is 4.98 Å². The van der Waals surface area contributed by atoms with E-state index in [1.54, 1.807) is 36.3 Å². The van der Waals surface area contributed by atoms with Gasteiger partial charge in [-0.3, -0.25) is 29.6 Å². The number of aliphatic hydroxyl groups is 1. The largest absolute Gasteiger partial charge is 0.373 e. The summed E-state index contributed by atoms with van der Waals surface area (Å²) in [6.07, 6.45) is 4.44. The number of carbonyl (C=O) groups excluding carboxylic acids is 4. The van der Waals surface area contributed by atoms with Crippen LogP contribution in [-0.4, -0.2) is 155 Å². The summed E-state index contributed by atoms with van der Waals surface area (Å²) in [5.41, 5.74) is 8.79. The average Bonchev–Trinajstić information content (AvgIpc) is 3.64. The lowest BCUT2D eigenvalue weighted by atomic mass is 9.95. The van der Waals surface area contributed by atoms with E-state index in [0.29, 0.717) is 73.6 Å². The normalized spacial score (nSPS) is 22.0. The summed E-state index contributed by atoms with van der Waals surface area (Å²) in [7, 11) is 1.81. The lowest BCUT2D eigenvalue weighted by Crippen LogP contribution is -2.52. The van der Waals surface area contributed by atoms with Crippen molar-refractivity contribution in [1.29, 1.82) is 0 Å². The Hall–Kier alpha value is -6.25. The van der Waals surface area contributed by atoms with E-state index in [0.717, 1.165) is 69.5 Å². The minimum atomic E-state index is -1.45. The molecule has 2 aromatic carbocycles. The summed E-state index contributed by atoms with van der Waals surface area (Å²) in [6, 6.07) is 11.7. The Balaban J connectivity index is 0.775. The minimum Gasteiger partial charge on any atom is -0.373 e. The zero-order valence-corrected chi connectivity index (χ0v) is 36.0. The molecule has 20 heteroatoms. The number of aliphatic hydroxyl groups excluding tert-OH is 1. The Morgan fingerprint density at radius 1 is 0.922 bits per heavy atom. The molecule has 2 unspecified atom stereocenters. The van der Waals surface area contributed by atoms with Gasteiger partial charge in [0.2, 0.25) is 17.8 Å². The second kappa shape index (κ2) is 18.5. The molecule has 0 saturated carbocycles. The third kappa shape index (κ3) is 9.07. The van der Waals surface area contributed by atoms with Gasteiger partial charge >= 0.3 is 6.03 Å². The molecular formula is C44H55FN14O5. The van der Waals surface area contributed by atoms with Crippen LogP contribution in [0.1, 0.15) is 60.8 Å². The molecule has 2 aromatic heterocycles. The highest BCUT2D eigenvalue weighted by atomic mass is 19.1. The summed E-state index contributed by atoms with van der Waals surface area (Å²) in [5.74, 6) is -0.583. The molecule has 0 spiro atoms. The smallest absolute Gasteiger partial charge is 0.320 e. The Labute approximate surface area is 370 Å². The number of halogens is 1. The van der Waals surface area contributed by atoms with Crippen LogP contribution in [0.15, 0.2) is 48.7 Å². The summed E-state index contributed by atoms with van der Waals surface area (Å²) in [6.45, 7) is 8.27. The maximum atomic E-state index is 15.8. The fourth-order valence-electron chi connectivity index (χ4n) is 9.71. The van der Waals surface area contributed by atoms with Crippen LogP contribution in [0, 0.1) is 11.7 Å². The van der Waals surface area contributed by atoms with Crippen LogP contribution in [0.4, 0.5) is 38.0 Å². The molecule has 338 valence electrons. The Morgan fingerprint density at radius 3 is 2.45 bits per heavy atom. The van der Waals surface area contributed by atoms with E-state index in [9.17, 15) is 24.3 Å². The van der Waals surface area contributed by atoms with E-state index >= 15 is 4.39 Å². The zero-order chi connectivity index (χ0) is 44.5. The number of piperidine rings is 3. The molecule has 7 heterocycles. The van der Waals surface area contributed by atoms with Crippen molar-refractivity contribution in [3.8, 4) is 0 Å². The number of pyridine rings is 1. The number of aromatic nitrogens is 4. The fourth-order valence-corrected chi connectivity index (χ4v) is 9.71. The van der Waals surface area contributed by atoms with Gasteiger partial charge in [0, 0.05) is 108 Å². The number of nitrogens with two attached hydrogens (primary N) is 1. The van der Waals surface area contributed by atoms with Gasteiger partial charge in [0.25, 0.3) is 5.91 Å². The van der Waals surface area contributed by atoms with Crippen molar-refractivity contribution in [3.05, 3.63) is 65.7 Å². The molecule has 0 aliphatic carbocycles. The zero-order valence-electron chi connectivity index (χ0n) is 36.0. The molecule has 9 rings (SSSR count).